The highest BCUT2D eigenvalue weighted by Crippen LogP contribution is 2.31. The average Bonchev–Trinajstić information content (AvgIpc) is 2.74. The van der Waals surface area contributed by atoms with Crippen LogP contribution < -0.4 is 10.9 Å². The van der Waals surface area contributed by atoms with Crippen molar-refractivity contribution in [2.75, 3.05) is 12.4 Å². The van der Waals surface area contributed by atoms with Gasteiger partial charge in [-0.05, 0) is 51.5 Å². The second-order valence-corrected chi connectivity index (χ2v) is 7.55. The van der Waals surface area contributed by atoms with Gasteiger partial charge < -0.3 is 5.32 Å². The third kappa shape index (κ3) is 3.44. The molecule has 0 spiro atoms. The van der Waals surface area contributed by atoms with Crippen LogP contribution in [0.4, 0.5) is 10.2 Å². The van der Waals surface area contributed by atoms with Gasteiger partial charge in [0.25, 0.3) is 5.56 Å². The Bertz CT molecular complexity index is 1270. The van der Waals surface area contributed by atoms with Crippen molar-refractivity contribution in [2.24, 2.45) is 0 Å². The number of benzene rings is 2. The highest BCUT2D eigenvalue weighted by Gasteiger charge is 2.16. The van der Waals surface area contributed by atoms with Crippen molar-refractivity contribution in [2.45, 2.75) is 13.3 Å². The molecule has 0 aliphatic heterocycles. The smallest absolute Gasteiger partial charge is 0.258 e. The van der Waals surface area contributed by atoms with Gasteiger partial charge in [0, 0.05) is 40.4 Å². The van der Waals surface area contributed by atoms with Gasteiger partial charge in [0.15, 0.2) is 0 Å². The summed E-state index contributed by atoms with van der Waals surface area (Å²) in [5, 5.41) is 4.72. The molecular formula is C23H19BrFN3O. The Kier molecular flexibility index (Phi) is 5.20. The maximum atomic E-state index is 14.7. The summed E-state index contributed by atoms with van der Waals surface area (Å²) in [6.45, 7) is 1.95. The summed E-state index contributed by atoms with van der Waals surface area (Å²) in [6.07, 6.45) is 4.08. The minimum Gasteiger partial charge on any atom is -0.373 e. The summed E-state index contributed by atoms with van der Waals surface area (Å²) in [5.74, 6) is 0.357. The highest BCUT2D eigenvalue weighted by atomic mass is 79.9. The molecule has 4 nitrogen and oxygen atoms in total. The lowest BCUT2D eigenvalue weighted by molar-refractivity contribution is 0.630. The van der Waals surface area contributed by atoms with Crippen LogP contribution in [-0.4, -0.2) is 16.6 Å². The lowest BCUT2D eigenvalue weighted by atomic mass is 10.0. The largest absolute Gasteiger partial charge is 0.373 e. The molecule has 4 aromatic rings. The fourth-order valence-corrected chi connectivity index (χ4v) is 4.01. The topological polar surface area (TPSA) is 46.9 Å². The molecule has 0 fully saturated rings. The Morgan fingerprint density at radius 2 is 1.93 bits per heavy atom. The lowest BCUT2D eigenvalue weighted by Crippen LogP contribution is -2.22. The molecule has 2 aromatic carbocycles. The molecule has 2 heterocycles. The summed E-state index contributed by atoms with van der Waals surface area (Å²) >= 11 is 3.43. The standard InChI is InChI=1S/C23H19BrFN3O/c1-3-16-17-10-22(26-2)27-12-15(17)13-28(23(16)29)21-9-18(20(25)11-19(21)24)14-7-5-4-6-8-14/h4-13,26H,3H2,1-2H3. The summed E-state index contributed by atoms with van der Waals surface area (Å²) in [7, 11) is 1.79. The third-order valence-corrected chi connectivity index (χ3v) is 5.63. The van der Waals surface area contributed by atoms with Crippen LogP contribution in [0.2, 0.25) is 0 Å². The fourth-order valence-electron chi connectivity index (χ4n) is 3.51. The molecular weight excluding hydrogens is 433 g/mol. The summed E-state index contributed by atoms with van der Waals surface area (Å²) < 4.78 is 16.8. The van der Waals surface area contributed by atoms with Crippen molar-refractivity contribution >= 4 is 32.5 Å². The fraction of sp³-hybridized carbons (Fsp3) is 0.130. The first-order valence-electron chi connectivity index (χ1n) is 9.30. The van der Waals surface area contributed by atoms with Crippen molar-refractivity contribution < 1.29 is 4.39 Å². The number of rotatable bonds is 4. The normalized spacial score (nSPS) is 11.0. The zero-order chi connectivity index (χ0) is 20.5. The molecule has 0 bridgehead atoms. The Balaban J connectivity index is 2.00. The van der Waals surface area contributed by atoms with Gasteiger partial charge in [0.2, 0.25) is 0 Å². The predicted molar refractivity (Wildman–Crippen MR) is 119 cm³/mol. The molecule has 1 N–H and O–H groups in total. The molecule has 29 heavy (non-hydrogen) atoms. The van der Waals surface area contributed by atoms with Crippen molar-refractivity contribution in [1.29, 1.82) is 0 Å². The number of nitrogens with zero attached hydrogens (tertiary/aromatic N) is 2. The zero-order valence-corrected chi connectivity index (χ0v) is 17.6. The number of nitrogens with one attached hydrogen (secondary N) is 1. The van der Waals surface area contributed by atoms with Gasteiger partial charge in [0.1, 0.15) is 11.6 Å². The molecule has 0 amide bonds. The second-order valence-electron chi connectivity index (χ2n) is 6.69. The summed E-state index contributed by atoms with van der Waals surface area (Å²) in [6, 6.07) is 14.3. The maximum absolute atomic E-state index is 14.7. The minimum absolute atomic E-state index is 0.125. The van der Waals surface area contributed by atoms with Crippen LogP contribution in [0, 0.1) is 5.82 Å². The van der Waals surface area contributed by atoms with E-state index in [4.69, 9.17) is 0 Å². The molecule has 0 atom stereocenters. The molecule has 146 valence electrons. The Labute approximate surface area is 176 Å². The molecule has 4 rings (SSSR count). The zero-order valence-electron chi connectivity index (χ0n) is 16.0. The molecule has 0 saturated heterocycles. The highest BCUT2D eigenvalue weighted by molar-refractivity contribution is 9.10. The van der Waals surface area contributed by atoms with E-state index in [1.165, 1.54) is 6.07 Å². The Morgan fingerprint density at radius 1 is 1.17 bits per heavy atom. The number of hydrogen-bond donors (Lipinski definition) is 1. The number of fused-ring (bicyclic) bond motifs is 1. The lowest BCUT2D eigenvalue weighted by Gasteiger charge is -2.15. The van der Waals surface area contributed by atoms with Crippen LogP contribution in [-0.2, 0) is 6.42 Å². The van der Waals surface area contributed by atoms with Gasteiger partial charge in [-0.3, -0.25) is 9.36 Å². The van der Waals surface area contributed by atoms with E-state index in [9.17, 15) is 9.18 Å². The van der Waals surface area contributed by atoms with Crippen molar-refractivity contribution in [3.8, 4) is 16.8 Å². The third-order valence-electron chi connectivity index (χ3n) is 5.00. The molecule has 0 aliphatic rings. The summed E-state index contributed by atoms with van der Waals surface area (Å²) in [5.41, 5.74) is 2.35. The number of pyridine rings is 2. The average molecular weight is 452 g/mol. The molecule has 0 unspecified atom stereocenters. The maximum Gasteiger partial charge on any atom is 0.258 e. The molecule has 0 saturated carbocycles. The Morgan fingerprint density at radius 3 is 2.62 bits per heavy atom. The summed E-state index contributed by atoms with van der Waals surface area (Å²) in [4.78, 5) is 17.7. The van der Waals surface area contributed by atoms with E-state index in [2.05, 4.69) is 26.2 Å². The van der Waals surface area contributed by atoms with Gasteiger partial charge in [-0.2, -0.15) is 0 Å². The van der Waals surface area contributed by atoms with Gasteiger partial charge in [-0.1, -0.05) is 37.3 Å². The van der Waals surface area contributed by atoms with Crippen LogP contribution in [0.3, 0.4) is 0 Å². The first kappa shape index (κ1) is 19.3. The van der Waals surface area contributed by atoms with E-state index in [1.54, 1.807) is 30.1 Å². The number of anilines is 1. The minimum atomic E-state index is -0.350. The Hall–Kier alpha value is -2.99. The van der Waals surface area contributed by atoms with E-state index in [0.29, 0.717) is 33.5 Å². The van der Waals surface area contributed by atoms with Gasteiger partial charge in [-0.15, -0.1) is 0 Å². The van der Waals surface area contributed by atoms with Crippen LogP contribution in [0.5, 0.6) is 0 Å². The van der Waals surface area contributed by atoms with E-state index >= 15 is 0 Å². The van der Waals surface area contributed by atoms with Crippen molar-refractivity contribution in [3.63, 3.8) is 0 Å². The molecule has 2 aromatic heterocycles. The van der Waals surface area contributed by atoms with E-state index in [0.717, 1.165) is 16.3 Å². The number of hydrogen-bond acceptors (Lipinski definition) is 3. The number of aromatic nitrogens is 2. The second kappa shape index (κ2) is 7.79. The van der Waals surface area contributed by atoms with E-state index in [1.807, 2.05) is 43.3 Å². The molecule has 6 heteroatoms. The predicted octanol–water partition coefficient (Wildman–Crippen LogP) is 5.56. The van der Waals surface area contributed by atoms with Crippen LogP contribution in [0.15, 0.2) is 70.2 Å². The van der Waals surface area contributed by atoms with Gasteiger partial charge in [0.05, 0.1) is 5.69 Å². The van der Waals surface area contributed by atoms with E-state index < -0.39 is 0 Å². The molecule has 0 aliphatic carbocycles. The molecule has 0 radical (unpaired) electrons. The van der Waals surface area contributed by atoms with Crippen molar-refractivity contribution in [1.82, 2.24) is 9.55 Å². The first-order chi connectivity index (χ1) is 14.0. The number of halogens is 2. The SMILES string of the molecule is CCc1c(=O)n(-c2cc(-c3ccccc3)c(F)cc2Br)cc2cnc(NC)cc12. The first-order valence-corrected chi connectivity index (χ1v) is 10.1. The number of aryl methyl sites for hydroxylation is 1. The van der Waals surface area contributed by atoms with Gasteiger partial charge in [-0.25, -0.2) is 9.37 Å². The van der Waals surface area contributed by atoms with E-state index in [-0.39, 0.29) is 11.4 Å². The van der Waals surface area contributed by atoms with Crippen LogP contribution in [0.25, 0.3) is 27.6 Å². The quantitative estimate of drug-likeness (QED) is 0.441. The van der Waals surface area contributed by atoms with Crippen LogP contribution >= 0.6 is 15.9 Å². The van der Waals surface area contributed by atoms with Gasteiger partial charge >= 0.3 is 0 Å². The van der Waals surface area contributed by atoms with Crippen LogP contribution in [0.1, 0.15) is 12.5 Å². The monoisotopic (exact) mass is 451 g/mol. The van der Waals surface area contributed by atoms with Crippen molar-refractivity contribution in [3.05, 3.63) is 87.1 Å².